The molecule has 0 bridgehead atoms. The maximum Gasteiger partial charge on any atom is 0.303 e. The van der Waals surface area contributed by atoms with Crippen LogP contribution in [-0.2, 0) is 10.5 Å². The van der Waals surface area contributed by atoms with Gasteiger partial charge in [0, 0.05) is 11.3 Å². The number of halogens is 5. The fourth-order valence-corrected chi connectivity index (χ4v) is 3.40. The van der Waals surface area contributed by atoms with E-state index in [1.54, 1.807) is 0 Å². The van der Waals surface area contributed by atoms with Crippen molar-refractivity contribution >= 4 is 17.7 Å². The zero-order valence-corrected chi connectivity index (χ0v) is 11.5. The average Bonchev–Trinajstić information content (AvgIpc) is 3.17. The molecule has 0 aliphatic heterocycles. The highest BCUT2D eigenvalue weighted by molar-refractivity contribution is 7.98. The summed E-state index contributed by atoms with van der Waals surface area (Å²) in [6.07, 6.45) is 1.31. The Kier molecular flexibility index (Phi) is 4.46. The van der Waals surface area contributed by atoms with Crippen molar-refractivity contribution in [2.75, 3.05) is 5.75 Å². The number of aliphatic carboxylic acids is 1. The predicted octanol–water partition coefficient (Wildman–Crippen LogP) is 3.87. The van der Waals surface area contributed by atoms with Crippen LogP contribution in [0.25, 0.3) is 0 Å². The van der Waals surface area contributed by atoms with E-state index in [9.17, 15) is 26.7 Å². The van der Waals surface area contributed by atoms with Crippen LogP contribution in [0.3, 0.4) is 0 Å². The Bertz CT molecular complexity index is 557. The molecular weight excluding hydrogens is 315 g/mol. The van der Waals surface area contributed by atoms with Crippen molar-refractivity contribution in [2.24, 2.45) is 5.41 Å². The minimum Gasteiger partial charge on any atom is -0.481 e. The molecular formula is C13H11F5O2S. The predicted molar refractivity (Wildman–Crippen MR) is 66.3 cm³/mol. The minimum absolute atomic E-state index is 0.0584. The number of carbonyl (C=O) groups is 1. The normalized spacial score (nSPS) is 16.0. The van der Waals surface area contributed by atoms with E-state index in [0.29, 0.717) is 18.6 Å². The molecule has 0 amide bonds. The SMILES string of the molecule is O=C(O)CC1(CSCc2c(F)c(F)c(F)c(F)c2F)CC1. The van der Waals surface area contributed by atoms with Gasteiger partial charge in [0.1, 0.15) is 0 Å². The molecule has 1 N–H and O–H groups in total. The monoisotopic (exact) mass is 326 g/mol. The van der Waals surface area contributed by atoms with Crippen LogP contribution in [0.4, 0.5) is 22.0 Å². The summed E-state index contributed by atoms with van der Waals surface area (Å²) in [6.45, 7) is 0. The van der Waals surface area contributed by atoms with E-state index >= 15 is 0 Å². The molecule has 0 unspecified atom stereocenters. The van der Waals surface area contributed by atoms with Crippen LogP contribution in [-0.4, -0.2) is 16.8 Å². The van der Waals surface area contributed by atoms with E-state index in [1.165, 1.54) is 0 Å². The Hall–Kier alpha value is -1.31. The fourth-order valence-electron chi connectivity index (χ4n) is 2.02. The molecule has 0 heterocycles. The summed E-state index contributed by atoms with van der Waals surface area (Å²) in [7, 11) is 0. The molecule has 21 heavy (non-hydrogen) atoms. The summed E-state index contributed by atoms with van der Waals surface area (Å²) >= 11 is 0.970. The fraction of sp³-hybridized carbons (Fsp3) is 0.462. The maximum absolute atomic E-state index is 13.4. The lowest BCUT2D eigenvalue weighted by Gasteiger charge is -2.13. The van der Waals surface area contributed by atoms with Crippen molar-refractivity contribution in [2.45, 2.75) is 25.0 Å². The molecule has 2 rings (SSSR count). The van der Waals surface area contributed by atoms with Gasteiger partial charge >= 0.3 is 5.97 Å². The quantitative estimate of drug-likeness (QED) is 0.490. The standard InChI is InChI=1S/C13H11F5O2S/c14-8-6(9(15)11(17)12(18)10(8)16)4-21-5-13(1-2-13)3-7(19)20/h1-5H2,(H,19,20). The topological polar surface area (TPSA) is 37.3 Å². The van der Waals surface area contributed by atoms with Crippen molar-refractivity contribution in [3.8, 4) is 0 Å². The number of hydrogen-bond acceptors (Lipinski definition) is 2. The third-order valence-corrected chi connectivity index (χ3v) is 4.75. The third kappa shape index (κ3) is 3.30. The van der Waals surface area contributed by atoms with E-state index in [1.807, 2.05) is 0 Å². The summed E-state index contributed by atoms with van der Waals surface area (Å²) in [4.78, 5) is 10.7. The molecule has 1 fully saturated rings. The molecule has 1 aromatic rings. The van der Waals surface area contributed by atoms with Crippen molar-refractivity contribution < 1.29 is 31.9 Å². The zero-order valence-electron chi connectivity index (χ0n) is 10.7. The summed E-state index contributed by atoms with van der Waals surface area (Å²) in [6, 6.07) is 0. The first-order chi connectivity index (χ1) is 9.77. The first kappa shape index (κ1) is 16.1. The summed E-state index contributed by atoms with van der Waals surface area (Å²) in [5, 5.41) is 8.73. The molecule has 1 aliphatic rings. The van der Waals surface area contributed by atoms with Gasteiger partial charge < -0.3 is 5.11 Å². The van der Waals surface area contributed by atoms with Crippen molar-refractivity contribution in [1.82, 2.24) is 0 Å². The van der Waals surface area contributed by atoms with Crippen molar-refractivity contribution in [3.05, 3.63) is 34.6 Å². The van der Waals surface area contributed by atoms with Gasteiger partial charge in [-0.3, -0.25) is 4.79 Å². The Morgan fingerprint density at radius 3 is 1.90 bits per heavy atom. The summed E-state index contributed by atoms with van der Waals surface area (Å²) < 4.78 is 65.7. The molecule has 1 saturated carbocycles. The molecule has 0 atom stereocenters. The van der Waals surface area contributed by atoms with Crippen molar-refractivity contribution in [3.63, 3.8) is 0 Å². The lowest BCUT2D eigenvalue weighted by atomic mass is 10.1. The van der Waals surface area contributed by atoms with Gasteiger partial charge in [0.2, 0.25) is 5.82 Å². The van der Waals surface area contributed by atoms with Gasteiger partial charge in [0.15, 0.2) is 23.3 Å². The molecule has 2 nitrogen and oxygen atoms in total. The highest BCUT2D eigenvalue weighted by Crippen LogP contribution is 2.51. The van der Waals surface area contributed by atoms with Crippen LogP contribution in [0.2, 0.25) is 0 Å². The smallest absolute Gasteiger partial charge is 0.303 e. The van der Waals surface area contributed by atoms with Crippen LogP contribution < -0.4 is 0 Å². The first-order valence-corrected chi connectivity index (χ1v) is 7.23. The van der Waals surface area contributed by atoms with Gasteiger partial charge in [0.25, 0.3) is 0 Å². The van der Waals surface area contributed by atoms with Crippen LogP contribution in [0, 0.1) is 34.5 Å². The largest absolute Gasteiger partial charge is 0.481 e. The van der Waals surface area contributed by atoms with E-state index in [4.69, 9.17) is 5.11 Å². The Morgan fingerprint density at radius 2 is 1.48 bits per heavy atom. The van der Waals surface area contributed by atoms with E-state index < -0.39 is 51.8 Å². The molecule has 116 valence electrons. The van der Waals surface area contributed by atoms with Gasteiger partial charge in [-0.1, -0.05) is 0 Å². The number of rotatable bonds is 6. The van der Waals surface area contributed by atoms with Crippen LogP contribution >= 0.6 is 11.8 Å². The molecule has 0 aromatic heterocycles. The van der Waals surface area contributed by atoms with Crippen molar-refractivity contribution in [1.29, 1.82) is 0 Å². The minimum atomic E-state index is -2.18. The number of thioether (sulfide) groups is 1. The zero-order chi connectivity index (χ0) is 15.8. The van der Waals surface area contributed by atoms with Gasteiger partial charge in [0.05, 0.1) is 6.42 Å². The van der Waals surface area contributed by atoms with Crippen LogP contribution in [0.15, 0.2) is 0 Å². The van der Waals surface area contributed by atoms with Crippen LogP contribution in [0.1, 0.15) is 24.8 Å². The molecule has 0 saturated heterocycles. The van der Waals surface area contributed by atoms with Gasteiger partial charge in [-0.05, 0) is 24.0 Å². The highest BCUT2D eigenvalue weighted by Gasteiger charge is 2.44. The Morgan fingerprint density at radius 1 is 1.00 bits per heavy atom. The highest BCUT2D eigenvalue weighted by atomic mass is 32.2. The molecule has 0 spiro atoms. The maximum atomic E-state index is 13.4. The number of hydrogen-bond donors (Lipinski definition) is 1. The van der Waals surface area contributed by atoms with Gasteiger partial charge in [-0.2, -0.15) is 11.8 Å². The van der Waals surface area contributed by atoms with E-state index in [0.717, 1.165) is 11.8 Å². The van der Waals surface area contributed by atoms with E-state index in [2.05, 4.69) is 0 Å². The third-order valence-electron chi connectivity index (χ3n) is 3.44. The Labute approximate surface area is 121 Å². The first-order valence-electron chi connectivity index (χ1n) is 6.07. The second-order valence-electron chi connectivity index (χ2n) is 5.11. The molecule has 0 radical (unpaired) electrons. The van der Waals surface area contributed by atoms with Gasteiger partial charge in [-0.15, -0.1) is 0 Å². The Balaban J connectivity index is 2.06. The lowest BCUT2D eigenvalue weighted by Crippen LogP contribution is -2.12. The molecule has 1 aromatic carbocycles. The lowest BCUT2D eigenvalue weighted by molar-refractivity contribution is -0.138. The van der Waals surface area contributed by atoms with Gasteiger partial charge in [-0.25, -0.2) is 22.0 Å². The second-order valence-corrected chi connectivity index (χ2v) is 6.10. The summed E-state index contributed by atoms with van der Waals surface area (Å²) in [5.74, 6) is -10.8. The average molecular weight is 326 g/mol. The number of carboxylic acids is 1. The molecule has 8 heteroatoms. The summed E-state index contributed by atoms with van der Waals surface area (Å²) in [5.41, 5.74) is -1.29. The second kappa shape index (κ2) is 5.82. The molecule has 1 aliphatic carbocycles. The number of carboxylic acid groups (broad SMARTS) is 1. The number of benzene rings is 1. The van der Waals surface area contributed by atoms with E-state index in [-0.39, 0.29) is 6.42 Å². The van der Waals surface area contributed by atoms with Crippen LogP contribution in [0.5, 0.6) is 0 Å².